The summed E-state index contributed by atoms with van der Waals surface area (Å²) in [6.45, 7) is 7.53. The molecule has 0 amide bonds. The minimum Gasteiger partial charge on any atom is -0.330 e. The maximum absolute atomic E-state index is 12.3. The van der Waals surface area contributed by atoms with Crippen molar-refractivity contribution in [1.29, 1.82) is 0 Å². The summed E-state index contributed by atoms with van der Waals surface area (Å²) in [7, 11) is 0. The van der Waals surface area contributed by atoms with E-state index in [-0.39, 0.29) is 0 Å². The van der Waals surface area contributed by atoms with E-state index in [2.05, 4.69) is 20.8 Å². The molecule has 2 nitrogen and oxygen atoms in total. The normalized spacial score (nSPS) is 17.8. The summed E-state index contributed by atoms with van der Waals surface area (Å²) in [4.78, 5) is 12.3. The fourth-order valence-corrected chi connectivity index (χ4v) is 4.19. The van der Waals surface area contributed by atoms with Crippen molar-refractivity contribution in [2.75, 3.05) is 6.54 Å². The van der Waals surface area contributed by atoms with Crippen molar-refractivity contribution in [2.45, 2.75) is 104 Å². The summed E-state index contributed by atoms with van der Waals surface area (Å²) in [5, 5.41) is 0. The first-order valence-electron chi connectivity index (χ1n) is 10.6. The van der Waals surface area contributed by atoms with E-state index in [1.807, 2.05) is 0 Å². The summed E-state index contributed by atoms with van der Waals surface area (Å²) in [5.41, 5.74) is 9.30. The molecule has 1 rings (SSSR count). The first-order valence-corrected chi connectivity index (χ1v) is 10.6. The van der Waals surface area contributed by atoms with Crippen LogP contribution in [0.4, 0.5) is 0 Å². The van der Waals surface area contributed by atoms with Crippen LogP contribution in [0.25, 0.3) is 0 Å². The van der Waals surface area contributed by atoms with Crippen molar-refractivity contribution >= 4 is 5.78 Å². The Bertz CT molecular complexity index is 379. The molecule has 2 N–H and O–H groups in total. The van der Waals surface area contributed by atoms with Gasteiger partial charge in [-0.2, -0.15) is 0 Å². The smallest absolute Gasteiger partial charge is 0.133 e. The Morgan fingerprint density at radius 2 is 1.71 bits per heavy atom. The molecule has 1 atom stereocenters. The summed E-state index contributed by atoms with van der Waals surface area (Å²) < 4.78 is 0. The Morgan fingerprint density at radius 1 is 1.04 bits per heavy atom. The van der Waals surface area contributed by atoms with E-state index >= 15 is 0 Å². The predicted octanol–water partition coefficient (Wildman–Crippen LogP) is 6.19. The molecule has 0 aliphatic heterocycles. The van der Waals surface area contributed by atoms with E-state index in [9.17, 15) is 4.79 Å². The second-order valence-electron chi connectivity index (χ2n) is 7.76. The molecule has 0 aromatic rings. The van der Waals surface area contributed by atoms with Crippen molar-refractivity contribution in [3.63, 3.8) is 0 Å². The number of hydrogen-bond donors (Lipinski definition) is 1. The number of Topliss-reactive ketones (excluding diaryl/α,β-unsaturated/α-hetero) is 1. The van der Waals surface area contributed by atoms with Gasteiger partial charge >= 0.3 is 0 Å². The lowest BCUT2D eigenvalue weighted by molar-refractivity contribution is -0.120. The van der Waals surface area contributed by atoms with Gasteiger partial charge in [-0.15, -0.1) is 0 Å². The second-order valence-corrected chi connectivity index (χ2v) is 7.76. The number of allylic oxidation sites excluding steroid dienone is 2. The molecule has 0 saturated heterocycles. The minimum atomic E-state index is 0.476. The fourth-order valence-electron chi connectivity index (χ4n) is 4.19. The van der Waals surface area contributed by atoms with Gasteiger partial charge < -0.3 is 5.73 Å². The van der Waals surface area contributed by atoms with E-state index in [0.717, 1.165) is 32.1 Å². The van der Waals surface area contributed by atoms with Crippen molar-refractivity contribution < 1.29 is 4.79 Å². The monoisotopic (exact) mass is 335 g/mol. The Hall–Kier alpha value is -0.630. The van der Waals surface area contributed by atoms with Crippen LogP contribution in [0.2, 0.25) is 0 Å². The quantitative estimate of drug-likeness (QED) is 0.408. The molecule has 0 bridgehead atoms. The van der Waals surface area contributed by atoms with Crippen LogP contribution in [0.15, 0.2) is 11.1 Å². The van der Waals surface area contributed by atoms with E-state index in [4.69, 9.17) is 5.73 Å². The third-order valence-electron chi connectivity index (χ3n) is 5.88. The molecule has 1 aliphatic carbocycles. The van der Waals surface area contributed by atoms with Gasteiger partial charge in [0.25, 0.3) is 0 Å². The van der Waals surface area contributed by atoms with Crippen LogP contribution in [-0.4, -0.2) is 12.3 Å². The van der Waals surface area contributed by atoms with Crippen LogP contribution in [0.1, 0.15) is 104 Å². The molecular formula is C22H41NO. The molecule has 1 fully saturated rings. The van der Waals surface area contributed by atoms with Crippen molar-refractivity contribution in [2.24, 2.45) is 17.6 Å². The Labute approximate surface area is 150 Å². The molecule has 1 unspecified atom stereocenters. The lowest BCUT2D eigenvalue weighted by Gasteiger charge is -2.20. The third-order valence-corrected chi connectivity index (χ3v) is 5.88. The number of ketones is 1. The van der Waals surface area contributed by atoms with Crippen LogP contribution < -0.4 is 5.73 Å². The second kappa shape index (κ2) is 12.7. The topological polar surface area (TPSA) is 43.1 Å². The summed E-state index contributed by atoms with van der Waals surface area (Å²) in [5.74, 6) is 1.64. The lowest BCUT2D eigenvalue weighted by Crippen LogP contribution is -2.17. The number of carbonyl (C=O) groups is 1. The summed E-state index contributed by atoms with van der Waals surface area (Å²) >= 11 is 0. The van der Waals surface area contributed by atoms with Gasteiger partial charge in [0.05, 0.1) is 0 Å². The highest BCUT2D eigenvalue weighted by molar-refractivity contribution is 5.78. The van der Waals surface area contributed by atoms with Crippen molar-refractivity contribution in [3.8, 4) is 0 Å². The third kappa shape index (κ3) is 7.96. The minimum absolute atomic E-state index is 0.476. The van der Waals surface area contributed by atoms with Crippen LogP contribution >= 0.6 is 0 Å². The first-order chi connectivity index (χ1) is 11.6. The van der Waals surface area contributed by atoms with Crippen molar-refractivity contribution in [1.82, 2.24) is 0 Å². The highest BCUT2D eigenvalue weighted by Gasteiger charge is 2.19. The highest BCUT2D eigenvalue weighted by atomic mass is 16.1. The molecule has 0 heterocycles. The van der Waals surface area contributed by atoms with Gasteiger partial charge in [0.15, 0.2) is 0 Å². The molecule has 0 aromatic heterocycles. The molecule has 140 valence electrons. The zero-order valence-electron chi connectivity index (χ0n) is 16.5. The standard InChI is InChI=1S/C22H41NO/c1-4-7-12-20(5-2)21(6-3)15-19(17-23)13-14-22(24)16-18-10-8-9-11-18/h18-19H,4-17,23H2,1-3H3/b21-20-. The SMILES string of the molecule is CCCC/C(CC)=C(/CC)CC(CN)CCC(=O)CC1CCCC1. The van der Waals surface area contributed by atoms with Gasteiger partial charge in [-0.25, -0.2) is 0 Å². The molecular weight excluding hydrogens is 294 g/mol. The first kappa shape index (κ1) is 21.4. The Balaban J connectivity index is 2.48. The lowest BCUT2D eigenvalue weighted by atomic mass is 9.87. The number of hydrogen-bond acceptors (Lipinski definition) is 2. The van der Waals surface area contributed by atoms with E-state index in [0.29, 0.717) is 24.2 Å². The maximum atomic E-state index is 12.3. The maximum Gasteiger partial charge on any atom is 0.133 e. The van der Waals surface area contributed by atoms with Crippen LogP contribution in [0, 0.1) is 11.8 Å². The number of rotatable bonds is 13. The zero-order valence-corrected chi connectivity index (χ0v) is 16.5. The van der Waals surface area contributed by atoms with Gasteiger partial charge in [0.2, 0.25) is 0 Å². The molecule has 24 heavy (non-hydrogen) atoms. The van der Waals surface area contributed by atoms with Crippen LogP contribution in [0.5, 0.6) is 0 Å². The molecule has 0 spiro atoms. The van der Waals surface area contributed by atoms with Gasteiger partial charge in [0, 0.05) is 12.8 Å². The highest BCUT2D eigenvalue weighted by Crippen LogP contribution is 2.29. The van der Waals surface area contributed by atoms with Gasteiger partial charge in [-0.05, 0) is 56.9 Å². The number of nitrogens with two attached hydrogens (primary N) is 1. The zero-order chi connectivity index (χ0) is 17.8. The van der Waals surface area contributed by atoms with E-state index in [1.54, 1.807) is 11.1 Å². The van der Waals surface area contributed by atoms with Gasteiger partial charge in [-0.3, -0.25) is 4.79 Å². The van der Waals surface area contributed by atoms with E-state index < -0.39 is 0 Å². The average molecular weight is 336 g/mol. The largest absolute Gasteiger partial charge is 0.330 e. The van der Waals surface area contributed by atoms with Crippen molar-refractivity contribution in [3.05, 3.63) is 11.1 Å². The summed E-state index contributed by atoms with van der Waals surface area (Å²) in [6.07, 6.45) is 14.9. The van der Waals surface area contributed by atoms with E-state index in [1.165, 1.54) is 51.4 Å². The van der Waals surface area contributed by atoms with Gasteiger partial charge in [-0.1, -0.05) is 64.0 Å². The van der Waals surface area contributed by atoms with Crippen LogP contribution in [0.3, 0.4) is 0 Å². The predicted molar refractivity (Wildman–Crippen MR) is 105 cm³/mol. The Morgan fingerprint density at radius 3 is 2.25 bits per heavy atom. The number of unbranched alkanes of at least 4 members (excludes halogenated alkanes) is 1. The Kier molecular flexibility index (Phi) is 11.3. The molecule has 1 saturated carbocycles. The molecule has 2 heteroatoms. The summed E-state index contributed by atoms with van der Waals surface area (Å²) in [6, 6.07) is 0. The molecule has 1 aliphatic rings. The average Bonchev–Trinajstić information content (AvgIpc) is 3.10. The molecule has 0 aromatic carbocycles. The number of carbonyl (C=O) groups excluding carboxylic acids is 1. The molecule has 0 radical (unpaired) electrons. The van der Waals surface area contributed by atoms with Gasteiger partial charge in [0.1, 0.15) is 5.78 Å². The fraction of sp³-hybridized carbons (Fsp3) is 0.864. The van der Waals surface area contributed by atoms with Crippen LogP contribution in [-0.2, 0) is 4.79 Å².